The molecule has 1 atom stereocenters. The summed E-state index contributed by atoms with van der Waals surface area (Å²) >= 11 is 0. The lowest BCUT2D eigenvalue weighted by molar-refractivity contribution is 0.567. The number of nitrogens with two attached hydrogens (primary N) is 1. The maximum Gasteiger partial charge on any atom is 0.0633 e. The Morgan fingerprint density at radius 1 is 0.731 bits per heavy atom. The number of nitrogens with one attached hydrogen (secondary N) is 1. The van der Waals surface area contributed by atoms with Gasteiger partial charge >= 0.3 is 0 Å². The van der Waals surface area contributed by atoms with Crippen molar-refractivity contribution in [1.82, 2.24) is 0 Å². The number of anilines is 2. The van der Waals surface area contributed by atoms with E-state index in [4.69, 9.17) is 5.73 Å². The van der Waals surface area contributed by atoms with Gasteiger partial charge in [0.2, 0.25) is 0 Å². The molecular formula is C24H22N2. The molecule has 0 aromatic heterocycles. The predicted octanol–water partition coefficient (Wildman–Crippen LogP) is 5.63. The van der Waals surface area contributed by atoms with Crippen LogP contribution in [0.15, 0.2) is 103 Å². The summed E-state index contributed by atoms with van der Waals surface area (Å²) in [6.45, 7) is 0. The number of hydrogen-bond acceptors (Lipinski definition) is 2. The Morgan fingerprint density at radius 3 is 1.96 bits per heavy atom. The molecular weight excluding hydrogens is 316 g/mol. The lowest BCUT2D eigenvalue weighted by Crippen LogP contribution is -2.34. The summed E-state index contributed by atoms with van der Waals surface area (Å²) in [5.74, 6) is 0. The molecule has 3 aromatic carbocycles. The summed E-state index contributed by atoms with van der Waals surface area (Å²) in [6, 6.07) is 29.0. The van der Waals surface area contributed by atoms with Gasteiger partial charge in [-0.2, -0.15) is 0 Å². The Kier molecular flexibility index (Phi) is 4.42. The van der Waals surface area contributed by atoms with E-state index in [1.54, 1.807) is 0 Å². The van der Waals surface area contributed by atoms with Crippen LogP contribution in [0, 0.1) is 0 Å². The van der Waals surface area contributed by atoms with Gasteiger partial charge in [0.15, 0.2) is 0 Å². The van der Waals surface area contributed by atoms with Gasteiger partial charge in [-0.25, -0.2) is 0 Å². The zero-order chi connectivity index (χ0) is 17.8. The van der Waals surface area contributed by atoms with Crippen LogP contribution in [-0.4, -0.2) is 0 Å². The highest BCUT2D eigenvalue weighted by Crippen LogP contribution is 2.32. The van der Waals surface area contributed by atoms with Crippen LogP contribution in [0.25, 0.3) is 5.57 Å². The fourth-order valence-electron chi connectivity index (χ4n) is 3.26. The normalized spacial score (nSPS) is 19.0. The summed E-state index contributed by atoms with van der Waals surface area (Å²) in [5, 5.41) is 3.41. The fraction of sp³-hybridized carbons (Fsp3) is 0.0833. The van der Waals surface area contributed by atoms with Crippen LogP contribution in [0.5, 0.6) is 0 Å². The molecule has 3 aromatic rings. The van der Waals surface area contributed by atoms with Crippen molar-refractivity contribution in [2.24, 2.45) is 5.73 Å². The minimum absolute atomic E-state index is 0.417. The molecule has 0 saturated heterocycles. The summed E-state index contributed by atoms with van der Waals surface area (Å²) in [5.41, 5.74) is 11.9. The van der Waals surface area contributed by atoms with Crippen LogP contribution in [0.1, 0.15) is 17.5 Å². The average Bonchev–Trinajstić information content (AvgIpc) is 2.71. The van der Waals surface area contributed by atoms with Crippen LogP contribution in [0.3, 0.4) is 0 Å². The van der Waals surface area contributed by atoms with Gasteiger partial charge in [0.1, 0.15) is 0 Å². The predicted molar refractivity (Wildman–Crippen MR) is 110 cm³/mol. The van der Waals surface area contributed by atoms with E-state index in [2.05, 4.69) is 72.1 Å². The second kappa shape index (κ2) is 7.03. The number of allylic oxidation sites excluding steroid dienone is 2. The monoisotopic (exact) mass is 338 g/mol. The molecule has 0 amide bonds. The maximum absolute atomic E-state index is 6.59. The van der Waals surface area contributed by atoms with E-state index in [0.717, 1.165) is 23.4 Å². The second-order valence-electron chi connectivity index (χ2n) is 6.67. The van der Waals surface area contributed by atoms with E-state index in [-0.39, 0.29) is 0 Å². The van der Waals surface area contributed by atoms with Crippen LogP contribution < -0.4 is 11.1 Å². The molecule has 4 rings (SSSR count). The molecule has 0 saturated carbocycles. The van der Waals surface area contributed by atoms with Crippen LogP contribution >= 0.6 is 0 Å². The number of rotatable bonds is 4. The Balaban J connectivity index is 1.48. The van der Waals surface area contributed by atoms with Gasteiger partial charge in [0.05, 0.1) is 5.54 Å². The number of benzene rings is 3. The van der Waals surface area contributed by atoms with Crippen molar-refractivity contribution in [3.63, 3.8) is 0 Å². The highest BCUT2D eigenvalue weighted by Gasteiger charge is 2.25. The molecule has 128 valence electrons. The summed E-state index contributed by atoms with van der Waals surface area (Å²) in [4.78, 5) is 0. The van der Waals surface area contributed by atoms with E-state index in [9.17, 15) is 0 Å². The Morgan fingerprint density at radius 2 is 1.35 bits per heavy atom. The minimum Gasteiger partial charge on any atom is -0.356 e. The number of hydrogen-bond donors (Lipinski definition) is 2. The maximum atomic E-state index is 6.59. The molecule has 26 heavy (non-hydrogen) atoms. The van der Waals surface area contributed by atoms with Gasteiger partial charge < -0.3 is 11.1 Å². The molecule has 0 bridgehead atoms. The largest absolute Gasteiger partial charge is 0.356 e. The third-order valence-electron chi connectivity index (χ3n) is 4.81. The average molecular weight is 338 g/mol. The quantitative estimate of drug-likeness (QED) is 0.647. The zero-order valence-electron chi connectivity index (χ0n) is 14.6. The van der Waals surface area contributed by atoms with Crippen LogP contribution in [-0.2, 0) is 5.54 Å². The first-order valence-corrected chi connectivity index (χ1v) is 8.89. The van der Waals surface area contributed by atoms with E-state index >= 15 is 0 Å². The third-order valence-corrected chi connectivity index (χ3v) is 4.81. The van der Waals surface area contributed by atoms with Crippen LogP contribution in [0.2, 0.25) is 0 Å². The van der Waals surface area contributed by atoms with E-state index in [1.807, 2.05) is 36.4 Å². The van der Waals surface area contributed by atoms with Crippen molar-refractivity contribution >= 4 is 16.9 Å². The fourth-order valence-corrected chi connectivity index (χ4v) is 3.26. The van der Waals surface area contributed by atoms with Crippen molar-refractivity contribution in [2.45, 2.75) is 12.0 Å². The Hall–Kier alpha value is -3.10. The molecule has 0 fully saturated rings. The van der Waals surface area contributed by atoms with Gasteiger partial charge in [-0.15, -0.1) is 0 Å². The summed E-state index contributed by atoms with van der Waals surface area (Å²) in [7, 11) is 0. The second-order valence-corrected chi connectivity index (χ2v) is 6.67. The van der Waals surface area contributed by atoms with Gasteiger partial charge in [0.25, 0.3) is 0 Å². The molecule has 0 heterocycles. The van der Waals surface area contributed by atoms with Crippen molar-refractivity contribution in [1.29, 1.82) is 0 Å². The topological polar surface area (TPSA) is 38.0 Å². The SMILES string of the molecule is NC1(c2ccccc2)C=CC(c2ccc(Nc3ccccc3)cc2)=CC1. The summed E-state index contributed by atoms with van der Waals surface area (Å²) in [6.07, 6.45) is 7.28. The van der Waals surface area contributed by atoms with Crippen LogP contribution in [0.4, 0.5) is 11.4 Å². The minimum atomic E-state index is -0.417. The molecule has 0 spiro atoms. The van der Waals surface area contributed by atoms with E-state index in [1.165, 1.54) is 11.1 Å². The highest BCUT2D eigenvalue weighted by molar-refractivity contribution is 5.77. The zero-order valence-corrected chi connectivity index (χ0v) is 14.6. The van der Waals surface area contributed by atoms with E-state index in [0.29, 0.717) is 0 Å². The molecule has 3 N–H and O–H groups in total. The smallest absolute Gasteiger partial charge is 0.0633 e. The standard InChI is InChI=1S/C24H22N2/c25-24(21-7-3-1-4-8-21)17-15-20(16-18-24)19-11-13-23(14-12-19)26-22-9-5-2-6-10-22/h1-17,26H,18,25H2. The third kappa shape index (κ3) is 3.46. The first kappa shape index (κ1) is 16.4. The molecule has 1 unspecified atom stereocenters. The van der Waals surface area contributed by atoms with Gasteiger partial charge in [-0.3, -0.25) is 0 Å². The lowest BCUT2D eigenvalue weighted by Gasteiger charge is -2.28. The van der Waals surface area contributed by atoms with Crippen molar-refractivity contribution < 1.29 is 0 Å². The van der Waals surface area contributed by atoms with Gasteiger partial charge in [-0.1, -0.05) is 78.9 Å². The molecule has 1 aliphatic carbocycles. The Labute approximate surface area is 154 Å². The first-order valence-electron chi connectivity index (χ1n) is 8.89. The van der Waals surface area contributed by atoms with Gasteiger partial charge in [0, 0.05) is 11.4 Å². The molecule has 2 heteroatoms. The molecule has 0 radical (unpaired) electrons. The Bertz CT molecular complexity index is 925. The molecule has 0 aliphatic heterocycles. The van der Waals surface area contributed by atoms with Crippen molar-refractivity contribution in [3.8, 4) is 0 Å². The first-order chi connectivity index (χ1) is 12.7. The number of para-hydroxylation sites is 1. The van der Waals surface area contributed by atoms with E-state index < -0.39 is 5.54 Å². The summed E-state index contributed by atoms with van der Waals surface area (Å²) < 4.78 is 0. The van der Waals surface area contributed by atoms with Crippen molar-refractivity contribution in [3.05, 3.63) is 114 Å². The molecule has 1 aliphatic rings. The van der Waals surface area contributed by atoms with Gasteiger partial charge in [-0.05, 0) is 47.4 Å². The van der Waals surface area contributed by atoms with Crippen molar-refractivity contribution in [2.75, 3.05) is 5.32 Å². The lowest BCUT2D eigenvalue weighted by atomic mass is 9.82. The highest BCUT2D eigenvalue weighted by atomic mass is 14.9. The molecule has 2 nitrogen and oxygen atoms in total.